The second-order valence-corrected chi connectivity index (χ2v) is 6.65. The zero-order chi connectivity index (χ0) is 17.3. The molecule has 0 saturated carbocycles. The van der Waals surface area contributed by atoms with Crippen molar-refractivity contribution < 1.29 is 9.53 Å². The molecule has 2 aromatic rings. The van der Waals surface area contributed by atoms with Gasteiger partial charge in [-0.15, -0.1) is 0 Å². The standard InChI is InChI=1S/C18H24N4O2/c1-13-5-6-16(14(2)9-13)20-17(23)22-7-8-24-18(3,12-22)15-10-19-21(4)11-15/h5-6,9-11H,7-8,12H2,1-4H3,(H,20,23)/t18-/m0/s1. The van der Waals surface area contributed by atoms with Gasteiger partial charge in [0.2, 0.25) is 0 Å². The smallest absolute Gasteiger partial charge is 0.322 e. The summed E-state index contributed by atoms with van der Waals surface area (Å²) in [6.45, 7) is 7.62. The molecule has 0 aliphatic carbocycles. The number of rotatable bonds is 2. The summed E-state index contributed by atoms with van der Waals surface area (Å²) in [5.74, 6) is 0. The van der Waals surface area contributed by atoms with Crippen LogP contribution in [0.25, 0.3) is 0 Å². The van der Waals surface area contributed by atoms with Gasteiger partial charge in [-0.05, 0) is 32.4 Å². The van der Waals surface area contributed by atoms with E-state index in [0.29, 0.717) is 19.7 Å². The molecule has 6 nitrogen and oxygen atoms in total. The molecule has 1 atom stereocenters. The molecule has 0 spiro atoms. The molecule has 1 N–H and O–H groups in total. The number of aryl methyl sites for hydroxylation is 3. The predicted octanol–water partition coefficient (Wildman–Crippen LogP) is 2.82. The lowest BCUT2D eigenvalue weighted by atomic mass is 9.97. The number of urea groups is 1. The minimum absolute atomic E-state index is 0.0969. The van der Waals surface area contributed by atoms with Crippen molar-refractivity contribution in [1.82, 2.24) is 14.7 Å². The minimum Gasteiger partial charge on any atom is -0.367 e. The van der Waals surface area contributed by atoms with Crippen molar-refractivity contribution >= 4 is 11.7 Å². The molecule has 0 unspecified atom stereocenters. The zero-order valence-electron chi connectivity index (χ0n) is 14.7. The summed E-state index contributed by atoms with van der Waals surface area (Å²) in [4.78, 5) is 14.5. The summed E-state index contributed by atoms with van der Waals surface area (Å²) in [7, 11) is 1.88. The van der Waals surface area contributed by atoms with Gasteiger partial charge >= 0.3 is 6.03 Å². The number of carbonyl (C=O) groups is 1. The molecule has 1 aromatic heterocycles. The second kappa shape index (κ2) is 6.28. The Labute approximate surface area is 142 Å². The Morgan fingerprint density at radius 3 is 2.83 bits per heavy atom. The van der Waals surface area contributed by atoms with Crippen LogP contribution in [0.5, 0.6) is 0 Å². The van der Waals surface area contributed by atoms with E-state index in [2.05, 4.69) is 16.5 Å². The third-order valence-electron chi connectivity index (χ3n) is 4.50. The Morgan fingerprint density at radius 1 is 1.38 bits per heavy atom. The topological polar surface area (TPSA) is 59.4 Å². The molecule has 1 aliphatic heterocycles. The highest BCUT2D eigenvalue weighted by molar-refractivity contribution is 5.90. The summed E-state index contributed by atoms with van der Waals surface area (Å²) in [6, 6.07) is 5.92. The Balaban J connectivity index is 1.73. The zero-order valence-corrected chi connectivity index (χ0v) is 14.7. The number of nitrogens with zero attached hydrogens (tertiary/aromatic N) is 3. The summed E-state index contributed by atoms with van der Waals surface area (Å²) in [6.07, 6.45) is 3.73. The average molecular weight is 328 g/mol. The van der Waals surface area contributed by atoms with Crippen LogP contribution in [0, 0.1) is 13.8 Å². The molecule has 6 heteroatoms. The Bertz CT molecular complexity index is 755. The van der Waals surface area contributed by atoms with E-state index in [4.69, 9.17) is 4.74 Å². The van der Waals surface area contributed by atoms with E-state index in [0.717, 1.165) is 16.8 Å². The van der Waals surface area contributed by atoms with Gasteiger partial charge in [0.1, 0.15) is 5.60 Å². The molecule has 2 heterocycles. The fourth-order valence-electron chi connectivity index (χ4n) is 3.06. The van der Waals surface area contributed by atoms with Crippen molar-refractivity contribution in [2.45, 2.75) is 26.4 Å². The fourth-order valence-corrected chi connectivity index (χ4v) is 3.06. The number of morpholine rings is 1. The summed E-state index contributed by atoms with van der Waals surface area (Å²) < 4.78 is 7.71. The third kappa shape index (κ3) is 3.28. The molecule has 0 bridgehead atoms. The lowest BCUT2D eigenvalue weighted by Crippen LogP contribution is -2.51. The Hall–Kier alpha value is -2.34. The van der Waals surface area contributed by atoms with Crippen molar-refractivity contribution in [3.05, 3.63) is 47.3 Å². The van der Waals surface area contributed by atoms with Gasteiger partial charge in [0, 0.05) is 31.0 Å². The first kappa shape index (κ1) is 16.5. The number of nitrogens with one attached hydrogen (secondary N) is 1. The van der Waals surface area contributed by atoms with Gasteiger partial charge in [0.05, 0.1) is 19.3 Å². The lowest BCUT2D eigenvalue weighted by Gasteiger charge is -2.40. The first-order chi connectivity index (χ1) is 11.4. The summed E-state index contributed by atoms with van der Waals surface area (Å²) in [5, 5.41) is 7.22. The molecule has 1 saturated heterocycles. The molecule has 2 amide bonds. The summed E-state index contributed by atoms with van der Waals surface area (Å²) in [5.41, 5.74) is 3.54. The highest BCUT2D eigenvalue weighted by Gasteiger charge is 2.36. The van der Waals surface area contributed by atoms with E-state index >= 15 is 0 Å². The monoisotopic (exact) mass is 328 g/mol. The quantitative estimate of drug-likeness (QED) is 0.922. The molecule has 1 aromatic carbocycles. The van der Waals surface area contributed by atoms with Crippen molar-refractivity contribution in [1.29, 1.82) is 0 Å². The van der Waals surface area contributed by atoms with E-state index in [1.54, 1.807) is 15.8 Å². The number of hydrogen-bond donors (Lipinski definition) is 1. The van der Waals surface area contributed by atoms with Gasteiger partial charge in [-0.1, -0.05) is 17.7 Å². The van der Waals surface area contributed by atoms with Gasteiger partial charge in [-0.25, -0.2) is 4.79 Å². The van der Waals surface area contributed by atoms with Crippen molar-refractivity contribution in [2.75, 3.05) is 25.0 Å². The maximum Gasteiger partial charge on any atom is 0.322 e. The van der Waals surface area contributed by atoms with Gasteiger partial charge < -0.3 is 15.0 Å². The number of hydrogen-bond acceptors (Lipinski definition) is 3. The van der Waals surface area contributed by atoms with E-state index in [1.165, 1.54) is 5.56 Å². The molecule has 0 radical (unpaired) electrons. The highest BCUT2D eigenvalue weighted by atomic mass is 16.5. The summed E-state index contributed by atoms with van der Waals surface area (Å²) >= 11 is 0. The van der Waals surface area contributed by atoms with Crippen LogP contribution in [0.15, 0.2) is 30.6 Å². The number of anilines is 1. The molecular formula is C18H24N4O2. The third-order valence-corrected chi connectivity index (χ3v) is 4.50. The first-order valence-corrected chi connectivity index (χ1v) is 8.14. The largest absolute Gasteiger partial charge is 0.367 e. The van der Waals surface area contributed by atoms with E-state index in [-0.39, 0.29) is 6.03 Å². The number of aromatic nitrogens is 2. The Kier molecular flexibility index (Phi) is 4.32. The van der Waals surface area contributed by atoms with Crippen LogP contribution in [0.1, 0.15) is 23.6 Å². The minimum atomic E-state index is -0.536. The van der Waals surface area contributed by atoms with Crippen LogP contribution in [-0.4, -0.2) is 40.4 Å². The normalized spacial score (nSPS) is 20.9. The van der Waals surface area contributed by atoms with Crippen LogP contribution < -0.4 is 5.32 Å². The van der Waals surface area contributed by atoms with Crippen molar-refractivity contribution in [2.24, 2.45) is 7.05 Å². The van der Waals surface area contributed by atoms with Crippen LogP contribution in [0.4, 0.5) is 10.5 Å². The number of ether oxygens (including phenoxy) is 1. The van der Waals surface area contributed by atoms with Crippen LogP contribution >= 0.6 is 0 Å². The average Bonchev–Trinajstić information content (AvgIpc) is 2.97. The lowest BCUT2D eigenvalue weighted by molar-refractivity contribution is -0.0895. The molecule has 3 rings (SSSR count). The number of benzene rings is 1. The SMILES string of the molecule is Cc1ccc(NC(=O)N2CCO[C@](C)(c3cnn(C)c3)C2)c(C)c1. The van der Waals surface area contributed by atoms with Crippen LogP contribution in [0.2, 0.25) is 0 Å². The van der Waals surface area contributed by atoms with E-state index in [9.17, 15) is 4.79 Å². The van der Waals surface area contributed by atoms with Crippen molar-refractivity contribution in [3.63, 3.8) is 0 Å². The second-order valence-electron chi connectivity index (χ2n) is 6.65. The maximum atomic E-state index is 12.7. The first-order valence-electron chi connectivity index (χ1n) is 8.14. The van der Waals surface area contributed by atoms with E-state index < -0.39 is 5.60 Å². The number of amides is 2. The van der Waals surface area contributed by atoms with Gasteiger partial charge in [0.25, 0.3) is 0 Å². The van der Waals surface area contributed by atoms with Crippen LogP contribution in [0.3, 0.4) is 0 Å². The molecule has 1 fully saturated rings. The van der Waals surface area contributed by atoms with Gasteiger partial charge in [0.15, 0.2) is 0 Å². The maximum absolute atomic E-state index is 12.7. The van der Waals surface area contributed by atoms with Crippen molar-refractivity contribution in [3.8, 4) is 0 Å². The molecule has 1 aliphatic rings. The van der Waals surface area contributed by atoms with Gasteiger partial charge in [-0.2, -0.15) is 5.10 Å². The molecule has 24 heavy (non-hydrogen) atoms. The van der Waals surface area contributed by atoms with E-state index in [1.807, 2.05) is 46.1 Å². The fraction of sp³-hybridized carbons (Fsp3) is 0.444. The van der Waals surface area contributed by atoms with Gasteiger partial charge in [-0.3, -0.25) is 4.68 Å². The Morgan fingerprint density at radius 2 is 2.17 bits per heavy atom. The van der Waals surface area contributed by atoms with Crippen LogP contribution in [-0.2, 0) is 17.4 Å². The highest BCUT2D eigenvalue weighted by Crippen LogP contribution is 2.29. The predicted molar refractivity (Wildman–Crippen MR) is 93.0 cm³/mol. The molecule has 128 valence electrons. The molecular weight excluding hydrogens is 304 g/mol. The number of carbonyl (C=O) groups excluding carboxylic acids is 1.